The molecular formula is C10H13BrN2S. The summed E-state index contributed by atoms with van der Waals surface area (Å²) < 4.78 is 1.08. The van der Waals surface area contributed by atoms with Crippen LogP contribution in [-0.4, -0.2) is 11.7 Å². The Labute approximate surface area is 98.2 Å². The van der Waals surface area contributed by atoms with Crippen LogP contribution in [0.15, 0.2) is 22.7 Å². The van der Waals surface area contributed by atoms with Crippen LogP contribution in [0.5, 0.6) is 0 Å². The predicted octanol–water partition coefficient (Wildman–Crippen LogP) is 3.06. The van der Waals surface area contributed by atoms with E-state index in [0.717, 1.165) is 16.7 Å². The quantitative estimate of drug-likeness (QED) is 0.810. The third-order valence-electron chi connectivity index (χ3n) is 1.77. The highest BCUT2D eigenvalue weighted by atomic mass is 79.9. The van der Waals surface area contributed by atoms with Gasteiger partial charge in [-0.2, -0.15) is 0 Å². The van der Waals surface area contributed by atoms with Crippen LogP contribution in [0, 0.1) is 6.92 Å². The van der Waals surface area contributed by atoms with Crippen LogP contribution in [0.3, 0.4) is 0 Å². The molecule has 0 atom stereocenters. The summed E-state index contributed by atoms with van der Waals surface area (Å²) in [4.78, 5) is 0. The van der Waals surface area contributed by atoms with Gasteiger partial charge >= 0.3 is 0 Å². The second-order valence-electron chi connectivity index (χ2n) is 2.95. The molecule has 0 aliphatic rings. The van der Waals surface area contributed by atoms with Crippen molar-refractivity contribution in [2.45, 2.75) is 13.8 Å². The zero-order valence-electron chi connectivity index (χ0n) is 8.23. The van der Waals surface area contributed by atoms with E-state index in [9.17, 15) is 0 Å². The molecule has 1 rings (SSSR count). The fourth-order valence-corrected chi connectivity index (χ4v) is 1.65. The van der Waals surface area contributed by atoms with E-state index in [1.54, 1.807) is 0 Å². The molecule has 4 heteroatoms. The zero-order valence-corrected chi connectivity index (χ0v) is 10.6. The monoisotopic (exact) mass is 272 g/mol. The summed E-state index contributed by atoms with van der Waals surface area (Å²) in [6.07, 6.45) is 0. The van der Waals surface area contributed by atoms with Crippen LogP contribution in [0.1, 0.15) is 12.5 Å². The molecule has 0 spiro atoms. The average Bonchev–Trinajstić information content (AvgIpc) is 2.12. The van der Waals surface area contributed by atoms with Crippen molar-refractivity contribution in [3.05, 3.63) is 28.2 Å². The van der Waals surface area contributed by atoms with Crippen molar-refractivity contribution in [1.29, 1.82) is 0 Å². The van der Waals surface area contributed by atoms with E-state index in [4.69, 9.17) is 12.2 Å². The largest absolute Gasteiger partial charge is 0.363 e. The average molecular weight is 273 g/mol. The number of anilines is 1. The molecule has 0 unspecified atom stereocenters. The molecule has 0 heterocycles. The summed E-state index contributed by atoms with van der Waals surface area (Å²) in [5.74, 6) is 0. The Morgan fingerprint density at radius 2 is 2.21 bits per heavy atom. The number of aryl methyl sites for hydroxylation is 1. The Balaban J connectivity index is 2.68. The zero-order chi connectivity index (χ0) is 10.6. The van der Waals surface area contributed by atoms with Gasteiger partial charge in [0.05, 0.1) is 0 Å². The lowest BCUT2D eigenvalue weighted by Crippen LogP contribution is -2.27. The molecule has 0 fully saturated rings. The number of benzene rings is 1. The number of hydrogen-bond donors (Lipinski definition) is 2. The van der Waals surface area contributed by atoms with Crippen LogP contribution >= 0.6 is 28.1 Å². The van der Waals surface area contributed by atoms with Gasteiger partial charge in [0.15, 0.2) is 5.11 Å². The van der Waals surface area contributed by atoms with Crippen molar-refractivity contribution in [3.63, 3.8) is 0 Å². The maximum absolute atomic E-state index is 5.07. The fraction of sp³-hybridized carbons (Fsp3) is 0.300. The van der Waals surface area contributed by atoms with Crippen LogP contribution in [0.2, 0.25) is 0 Å². The van der Waals surface area contributed by atoms with Gasteiger partial charge in [0.25, 0.3) is 0 Å². The summed E-state index contributed by atoms with van der Waals surface area (Å²) in [6.45, 7) is 4.90. The first-order valence-electron chi connectivity index (χ1n) is 4.44. The molecule has 0 amide bonds. The maximum Gasteiger partial charge on any atom is 0.170 e. The SMILES string of the molecule is CCNC(=S)Nc1ccc(C)c(Br)c1. The van der Waals surface area contributed by atoms with Crippen LogP contribution in [-0.2, 0) is 0 Å². The van der Waals surface area contributed by atoms with Gasteiger partial charge in [-0.1, -0.05) is 22.0 Å². The Bertz CT molecular complexity index is 339. The number of hydrogen-bond acceptors (Lipinski definition) is 1. The molecule has 1 aromatic carbocycles. The van der Waals surface area contributed by atoms with E-state index >= 15 is 0 Å². The summed E-state index contributed by atoms with van der Waals surface area (Å²) in [5.41, 5.74) is 2.21. The smallest absolute Gasteiger partial charge is 0.170 e. The number of nitrogens with one attached hydrogen (secondary N) is 2. The molecule has 76 valence electrons. The third-order valence-corrected chi connectivity index (χ3v) is 2.87. The molecule has 2 nitrogen and oxygen atoms in total. The van der Waals surface area contributed by atoms with E-state index in [0.29, 0.717) is 5.11 Å². The van der Waals surface area contributed by atoms with Crippen molar-refractivity contribution < 1.29 is 0 Å². The lowest BCUT2D eigenvalue weighted by atomic mass is 10.2. The minimum atomic E-state index is 0.656. The van der Waals surface area contributed by atoms with E-state index in [-0.39, 0.29) is 0 Å². The van der Waals surface area contributed by atoms with E-state index in [1.165, 1.54) is 5.56 Å². The van der Waals surface area contributed by atoms with Gasteiger partial charge in [0.1, 0.15) is 0 Å². The van der Waals surface area contributed by atoms with Crippen molar-refractivity contribution in [2.75, 3.05) is 11.9 Å². The molecule has 0 bridgehead atoms. The molecular weight excluding hydrogens is 260 g/mol. The first-order valence-corrected chi connectivity index (χ1v) is 5.64. The molecule has 1 aromatic rings. The van der Waals surface area contributed by atoms with Gasteiger partial charge in [-0.15, -0.1) is 0 Å². The first kappa shape index (κ1) is 11.5. The van der Waals surface area contributed by atoms with Crippen molar-refractivity contribution in [1.82, 2.24) is 5.32 Å². The summed E-state index contributed by atoms with van der Waals surface area (Å²) in [7, 11) is 0. The van der Waals surface area contributed by atoms with Crippen molar-refractivity contribution >= 4 is 38.9 Å². The van der Waals surface area contributed by atoms with Gasteiger partial charge in [-0.25, -0.2) is 0 Å². The highest BCUT2D eigenvalue weighted by Gasteiger charge is 1.98. The second-order valence-corrected chi connectivity index (χ2v) is 4.21. The van der Waals surface area contributed by atoms with E-state index in [2.05, 4.69) is 33.5 Å². The second kappa shape index (κ2) is 5.32. The topological polar surface area (TPSA) is 24.1 Å². The van der Waals surface area contributed by atoms with Crippen molar-refractivity contribution in [3.8, 4) is 0 Å². The Morgan fingerprint density at radius 1 is 1.50 bits per heavy atom. The molecule has 14 heavy (non-hydrogen) atoms. The maximum atomic E-state index is 5.07. The van der Waals surface area contributed by atoms with Gasteiger partial charge < -0.3 is 10.6 Å². The van der Waals surface area contributed by atoms with Gasteiger partial charge in [-0.3, -0.25) is 0 Å². The Morgan fingerprint density at radius 3 is 2.79 bits per heavy atom. The number of rotatable bonds is 2. The highest BCUT2D eigenvalue weighted by Crippen LogP contribution is 2.20. The fourth-order valence-electron chi connectivity index (χ4n) is 1.01. The summed E-state index contributed by atoms with van der Waals surface area (Å²) >= 11 is 8.55. The lowest BCUT2D eigenvalue weighted by Gasteiger charge is -2.09. The molecule has 0 aliphatic heterocycles. The van der Waals surface area contributed by atoms with Crippen LogP contribution in [0.25, 0.3) is 0 Å². The minimum absolute atomic E-state index is 0.656. The standard InChI is InChI=1S/C10H13BrN2S/c1-3-12-10(14)13-8-5-4-7(2)9(11)6-8/h4-6H,3H2,1-2H3,(H2,12,13,14). The molecule has 0 aliphatic carbocycles. The Kier molecular flexibility index (Phi) is 4.35. The number of halogens is 1. The number of thiocarbonyl (C=S) groups is 1. The third kappa shape index (κ3) is 3.27. The molecule has 0 aromatic heterocycles. The Hall–Kier alpha value is -0.610. The highest BCUT2D eigenvalue weighted by molar-refractivity contribution is 9.10. The van der Waals surface area contributed by atoms with Crippen LogP contribution in [0.4, 0.5) is 5.69 Å². The normalized spacial score (nSPS) is 9.64. The van der Waals surface area contributed by atoms with Crippen molar-refractivity contribution in [2.24, 2.45) is 0 Å². The van der Waals surface area contributed by atoms with Gasteiger partial charge in [0.2, 0.25) is 0 Å². The molecule has 0 saturated heterocycles. The van der Waals surface area contributed by atoms with E-state index < -0.39 is 0 Å². The van der Waals surface area contributed by atoms with Gasteiger partial charge in [0, 0.05) is 16.7 Å². The molecule has 0 radical (unpaired) electrons. The predicted molar refractivity (Wildman–Crippen MR) is 68.8 cm³/mol. The summed E-state index contributed by atoms with van der Waals surface area (Å²) in [5, 5.41) is 6.79. The lowest BCUT2D eigenvalue weighted by molar-refractivity contribution is 0.979. The first-order chi connectivity index (χ1) is 6.63. The van der Waals surface area contributed by atoms with E-state index in [1.807, 2.05) is 25.1 Å². The molecule has 2 N–H and O–H groups in total. The molecule has 0 saturated carbocycles. The van der Waals surface area contributed by atoms with Gasteiger partial charge in [-0.05, 0) is 43.8 Å². The summed E-state index contributed by atoms with van der Waals surface area (Å²) in [6, 6.07) is 6.06. The van der Waals surface area contributed by atoms with Crippen LogP contribution < -0.4 is 10.6 Å². The minimum Gasteiger partial charge on any atom is -0.363 e.